The summed E-state index contributed by atoms with van der Waals surface area (Å²) in [6, 6.07) is 19.6. The first-order valence-electron chi connectivity index (χ1n) is 12.3. The highest BCUT2D eigenvalue weighted by atomic mass is 16.2. The predicted octanol–water partition coefficient (Wildman–Crippen LogP) is 4.51. The summed E-state index contributed by atoms with van der Waals surface area (Å²) in [6.45, 7) is 10.4. The third kappa shape index (κ3) is 4.71. The Labute approximate surface area is 207 Å². The molecule has 1 amide bonds. The van der Waals surface area contributed by atoms with E-state index in [9.17, 15) is 4.79 Å². The maximum Gasteiger partial charge on any atom is 0.253 e. The van der Waals surface area contributed by atoms with Crippen LogP contribution in [0.3, 0.4) is 0 Å². The normalized spacial score (nSPS) is 14.6. The van der Waals surface area contributed by atoms with Crippen LogP contribution in [0, 0.1) is 19.9 Å². The average Bonchev–Trinajstić information content (AvgIpc) is 3.22. The lowest BCUT2D eigenvalue weighted by Crippen LogP contribution is -2.47. The van der Waals surface area contributed by atoms with Gasteiger partial charge in [-0.15, -0.1) is 0 Å². The molecule has 1 fully saturated rings. The molecule has 0 bridgehead atoms. The minimum atomic E-state index is 0.0992. The van der Waals surface area contributed by atoms with Crippen molar-refractivity contribution in [2.24, 2.45) is 0 Å². The summed E-state index contributed by atoms with van der Waals surface area (Å²) in [4.78, 5) is 26.9. The van der Waals surface area contributed by atoms with Crippen molar-refractivity contribution < 1.29 is 4.79 Å². The number of fused-ring (bicyclic) bond motifs is 1. The predicted molar refractivity (Wildman–Crippen MR) is 140 cm³/mol. The van der Waals surface area contributed by atoms with Crippen LogP contribution in [-0.4, -0.2) is 63.5 Å². The largest absolute Gasteiger partial charge is 0.336 e. The molecule has 5 rings (SSSR count). The van der Waals surface area contributed by atoms with Crippen molar-refractivity contribution in [2.75, 3.05) is 33.2 Å². The summed E-state index contributed by atoms with van der Waals surface area (Å²) >= 11 is 0. The molecule has 4 aromatic rings. The maximum absolute atomic E-state index is 13.0. The average molecular weight is 467 g/mol. The standard InChI is InChI=1S/C29H32N5O/c1-5-26-31-27-20(2)17-21(3)30-28(27)34(26)19-22-9-11-23(12-10-22)24-7-6-8-25(18-24)29(35)33-15-13-32(4)14-16-33/h6,8-12,17-18H,5,13-16,19H2,1-4H3. The van der Waals surface area contributed by atoms with Gasteiger partial charge in [-0.3, -0.25) is 4.79 Å². The number of pyridine rings is 1. The molecule has 0 spiro atoms. The lowest BCUT2D eigenvalue weighted by atomic mass is 10.0. The lowest BCUT2D eigenvalue weighted by Gasteiger charge is -2.32. The van der Waals surface area contributed by atoms with Crippen LogP contribution in [0.1, 0.15) is 39.9 Å². The Hall–Kier alpha value is -3.51. The van der Waals surface area contributed by atoms with Crippen LogP contribution >= 0.6 is 0 Å². The van der Waals surface area contributed by atoms with Crippen LogP contribution in [0.4, 0.5) is 0 Å². The maximum atomic E-state index is 13.0. The van der Waals surface area contributed by atoms with Gasteiger partial charge in [0.1, 0.15) is 11.3 Å². The molecule has 1 aliphatic heterocycles. The lowest BCUT2D eigenvalue weighted by molar-refractivity contribution is 0.0664. The minimum Gasteiger partial charge on any atom is -0.336 e. The number of rotatable bonds is 5. The molecule has 3 heterocycles. The highest BCUT2D eigenvalue weighted by Gasteiger charge is 2.20. The van der Waals surface area contributed by atoms with Gasteiger partial charge in [-0.1, -0.05) is 37.3 Å². The Kier molecular flexibility index (Phi) is 6.39. The molecule has 0 saturated carbocycles. The van der Waals surface area contributed by atoms with Gasteiger partial charge in [0.25, 0.3) is 5.91 Å². The SMILES string of the molecule is CCc1nc2c(C)cc(C)nc2n1Cc1ccc(-c2[c]ccc(C(=O)N3CCN(C)CC3)c2)cc1. The molecule has 6 nitrogen and oxygen atoms in total. The van der Waals surface area contributed by atoms with E-state index < -0.39 is 0 Å². The molecular weight excluding hydrogens is 434 g/mol. The van der Waals surface area contributed by atoms with Gasteiger partial charge in [-0.2, -0.15) is 0 Å². The Morgan fingerprint density at radius 2 is 1.74 bits per heavy atom. The van der Waals surface area contributed by atoms with Crippen molar-refractivity contribution in [3.8, 4) is 11.1 Å². The molecule has 1 radical (unpaired) electrons. The van der Waals surface area contributed by atoms with Gasteiger partial charge < -0.3 is 14.4 Å². The monoisotopic (exact) mass is 466 g/mol. The number of aromatic nitrogens is 3. The van der Waals surface area contributed by atoms with Crippen LogP contribution in [0.15, 0.2) is 48.5 Å². The van der Waals surface area contributed by atoms with Crippen molar-refractivity contribution in [2.45, 2.75) is 33.7 Å². The van der Waals surface area contributed by atoms with Gasteiger partial charge >= 0.3 is 0 Å². The van der Waals surface area contributed by atoms with Crippen LogP contribution in [0.5, 0.6) is 0 Å². The van der Waals surface area contributed by atoms with Gasteiger partial charge in [-0.05, 0) is 67.4 Å². The van der Waals surface area contributed by atoms with Crippen LogP contribution in [0.2, 0.25) is 0 Å². The molecule has 35 heavy (non-hydrogen) atoms. The van der Waals surface area contributed by atoms with Crippen molar-refractivity contribution in [1.82, 2.24) is 24.3 Å². The van der Waals surface area contributed by atoms with Crippen molar-refractivity contribution >= 4 is 17.1 Å². The molecule has 1 aliphatic rings. The van der Waals surface area contributed by atoms with E-state index in [4.69, 9.17) is 9.97 Å². The fraction of sp³-hybridized carbons (Fsp3) is 0.345. The molecule has 0 atom stereocenters. The molecule has 0 aliphatic carbocycles. The van der Waals surface area contributed by atoms with E-state index in [0.29, 0.717) is 0 Å². The quantitative estimate of drug-likeness (QED) is 0.434. The number of nitrogens with zero attached hydrogens (tertiary/aromatic N) is 5. The second-order valence-electron chi connectivity index (χ2n) is 9.50. The summed E-state index contributed by atoms with van der Waals surface area (Å²) in [5.74, 6) is 1.15. The fourth-order valence-electron chi connectivity index (χ4n) is 4.81. The Balaban J connectivity index is 1.38. The highest BCUT2D eigenvalue weighted by Crippen LogP contribution is 2.24. The van der Waals surface area contributed by atoms with E-state index >= 15 is 0 Å². The molecule has 0 unspecified atom stereocenters. The zero-order valence-corrected chi connectivity index (χ0v) is 21.0. The summed E-state index contributed by atoms with van der Waals surface area (Å²) < 4.78 is 2.23. The number of carbonyl (C=O) groups excluding carboxylic acids is 1. The van der Waals surface area contributed by atoms with E-state index in [1.807, 2.05) is 30.0 Å². The van der Waals surface area contributed by atoms with Crippen LogP contribution < -0.4 is 0 Å². The number of piperazine rings is 1. The smallest absolute Gasteiger partial charge is 0.253 e. The Morgan fingerprint density at radius 3 is 2.46 bits per heavy atom. The summed E-state index contributed by atoms with van der Waals surface area (Å²) in [6.07, 6.45) is 0.857. The molecule has 2 aromatic heterocycles. The molecule has 179 valence electrons. The minimum absolute atomic E-state index is 0.0992. The first-order valence-corrected chi connectivity index (χ1v) is 12.3. The number of carbonyl (C=O) groups is 1. The third-order valence-electron chi connectivity index (χ3n) is 6.86. The number of benzene rings is 2. The van der Waals surface area contributed by atoms with Crippen LogP contribution in [0.25, 0.3) is 22.3 Å². The van der Waals surface area contributed by atoms with Gasteiger partial charge in [0.05, 0.1) is 6.54 Å². The molecular formula is C29H32N5O. The number of imidazole rings is 1. The topological polar surface area (TPSA) is 54.3 Å². The first kappa shape index (κ1) is 23.2. The second kappa shape index (κ2) is 9.62. The van der Waals surface area contributed by atoms with Gasteiger partial charge in [0.2, 0.25) is 0 Å². The molecule has 6 heteroatoms. The number of aryl methyl sites for hydroxylation is 3. The van der Waals surface area contributed by atoms with E-state index in [2.05, 4.69) is 66.8 Å². The van der Waals surface area contributed by atoms with E-state index in [1.165, 1.54) is 5.56 Å². The van der Waals surface area contributed by atoms with Crippen molar-refractivity contribution in [3.63, 3.8) is 0 Å². The van der Waals surface area contributed by atoms with E-state index in [-0.39, 0.29) is 5.91 Å². The zero-order valence-electron chi connectivity index (χ0n) is 21.0. The molecule has 2 aromatic carbocycles. The van der Waals surface area contributed by atoms with Gasteiger partial charge in [0, 0.05) is 43.9 Å². The third-order valence-corrected chi connectivity index (χ3v) is 6.86. The molecule has 0 N–H and O–H groups in total. The highest BCUT2D eigenvalue weighted by molar-refractivity contribution is 5.95. The molecule has 1 saturated heterocycles. The van der Waals surface area contributed by atoms with Gasteiger partial charge in [0.15, 0.2) is 5.65 Å². The summed E-state index contributed by atoms with van der Waals surface area (Å²) in [7, 11) is 2.10. The number of amides is 1. The number of hydrogen-bond donors (Lipinski definition) is 0. The number of hydrogen-bond acceptors (Lipinski definition) is 4. The van der Waals surface area contributed by atoms with E-state index in [0.717, 1.165) is 84.1 Å². The summed E-state index contributed by atoms with van der Waals surface area (Å²) in [5, 5.41) is 0. The zero-order chi connectivity index (χ0) is 24.5. The van der Waals surface area contributed by atoms with Gasteiger partial charge in [-0.25, -0.2) is 9.97 Å². The van der Waals surface area contributed by atoms with Crippen molar-refractivity contribution in [3.05, 3.63) is 82.8 Å². The fourth-order valence-corrected chi connectivity index (χ4v) is 4.81. The second-order valence-corrected chi connectivity index (χ2v) is 9.50. The Morgan fingerprint density at radius 1 is 1.00 bits per heavy atom. The van der Waals surface area contributed by atoms with Crippen LogP contribution in [-0.2, 0) is 13.0 Å². The number of likely N-dealkylation sites (N-methyl/N-ethyl adjacent to an activating group) is 1. The summed E-state index contributed by atoms with van der Waals surface area (Å²) in [5.41, 5.74) is 8.01. The van der Waals surface area contributed by atoms with E-state index in [1.54, 1.807) is 0 Å². The first-order chi connectivity index (χ1) is 16.9. The Bertz CT molecular complexity index is 1360. The van der Waals surface area contributed by atoms with Crippen molar-refractivity contribution in [1.29, 1.82) is 0 Å².